The normalized spacial score (nSPS) is 13.8. The molecule has 4 aromatic rings. The predicted octanol–water partition coefficient (Wildman–Crippen LogP) is 4.60. The second-order valence-corrected chi connectivity index (χ2v) is 12.6. The second-order valence-electron chi connectivity index (χ2n) is 12.6. The van der Waals surface area contributed by atoms with E-state index < -0.39 is 0 Å². The van der Waals surface area contributed by atoms with E-state index in [0.29, 0.717) is 61.4 Å². The first kappa shape index (κ1) is 35.8. The van der Waals surface area contributed by atoms with Gasteiger partial charge in [-0.3, -0.25) is 29.0 Å². The first-order chi connectivity index (χ1) is 25.5. The number of oxime groups is 2. The minimum atomic E-state index is -0.255. The van der Waals surface area contributed by atoms with Gasteiger partial charge in [-0.1, -0.05) is 34.6 Å². The molecule has 12 heteroatoms. The summed E-state index contributed by atoms with van der Waals surface area (Å²) in [6.07, 6.45) is 16.9. The molecule has 0 atom stereocenters. The number of hydrogen-bond donors (Lipinski definition) is 0. The molecule has 0 N–H and O–H groups in total. The Morgan fingerprint density at radius 2 is 0.827 bits per heavy atom. The molecule has 0 unspecified atom stereocenters. The molecule has 2 aromatic carbocycles. The lowest BCUT2D eigenvalue weighted by Gasteiger charge is -2.12. The lowest BCUT2D eigenvalue weighted by atomic mass is 10.1. The summed E-state index contributed by atoms with van der Waals surface area (Å²) in [4.78, 5) is 62.9. The van der Waals surface area contributed by atoms with E-state index in [1.165, 1.54) is 9.80 Å². The molecule has 2 aromatic heterocycles. The Balaban J connectivity index is 0.781. The third kappa shape index (κ3) is 9.00. The van der Waals surface area contributed by atoms with Crippen molar-refractivity contribution in [3.63, 3.8) is 0 Å². The molecule has 2 aliphatic heterocycles. The summed E-state index contributed by atoms with van der Waals surface area (Å²) < 4.78 is 4.32. The number of rotatable bonds is 19. The summed E-state index contributed by atoms with van der Waals surface area (Å²) in [5.74, 6) is -1.02. The number of benzene rings is 2. The standard InChI is InChI=1S/C40H42N6O6/c47-37-33-11-3-4-12-34(33)38(48)45(37)21-9-27-51-41-29-31-15-23-43(24-16-31)19-7-1-2-8-20-44-25-17-32(18-26-44)30-42-52-28-10-22-46-39(49)35-13-5-6-14-36(35)40(46)50/h3-6,11-18,23-26,29-30H,1-2,7-10,19-22,27-28H2/q+2/b41-29+,42-30+. The molecule has 0 radical (unpaired) electrons. The molecule has 0 bridgehead atoms. The van der Waals surface area contributed by atoms with Gasteiger partial charge in [-0.2, -0.15) is 0 Å². The van der Waals surface area contributed by atoms with Crippen LogP contribution in [0.1, 0.15) is 91.1 Å². The van der Waals surface area contributed by atoms with E-state index in [1.54, 1.807) is 61.0 Å². The third-order valence-corrected chi connectivity index (χ3v) is 8.96. The van der Waals surface area contributed by atoms with Crippen molar-refractivity contribution >= 4 is 36.1 Å². The van der Waals surface area contributed by atoms with Crippen LogP contribution in [-0.4, -0.2) is 72.2 Å². The van der Waals surface area contributed by atoms with E-state index in [2.05, 4.69) is 19.4 Å². The van der Waals surface area contributed by atoms with Crippen molar-refractivity contribution in [1.29, 1.82) is 0 Å². The van der Waals surface area contributed by atoms with Gasteiger partial charge in [0, 0.05) is 74.2 Å². The highest BCUT2D eigenvalue weighted by atomic mass is 16.6. The zero-order valence-electron chi connectivity index (χ0n) is 29.0. The van der Waals surface area contributed by atoms with Crippen molar-refractivity contribution in [3.05, 3.63) is 131 Å². The fraction of sp³-hybridized carbons (Fsp3) is 0.300. The Kier molecular flexibility index (Phi) is 12.2. The SMILES string of the molecule is O=C1c2ccccc2C(=O)N1CCCO/N=C/c1cc[n+](CCCCCC[n+]2ccc(/C=N/OCCCN3C(=O)c4ccccc4C3=O)cc2)cc1. The lowest BCUT2D eigenvalue weighted by Crippen LogP contribution is -2.33. The largest absolute Gasteiger partial charge is 0.396 e. The molecular weight excluding hydrogens is 660 g/mol. The smallest absolute Gasteiger partial charge is 0.261 e. The van der Waals surface area contributed by atoms with Crippen LogP contribution in [0, 0.1) is 0 Å². The lowest BCUT2D eigenvalue weighted by molar-refractivity contribution is -0.698. The van der Waals surface area contributed by atoms with Crippen LogP contribution in [0.3, 0.4) is 0 Å². The predicted molar refractivity (Wildman–Crippen MR) is 192 cm³/mol. The zero-order chi connectivity index (χ0) is 36.1. The van der Waals surface area contributed by atoms with Crippen molar-refractivity contribution in [2.45, 2.75) is 51.6 Å². The van der Waals surface area contributed by atoms with Gasteiger partial charge >= 0.3 is 0 Å². The van der Waals surface area contributed by atoms with Crippen molar-refractivity contribution in [1.82, 2.24) is 9.80 Å². The van der Waals surface area contributed by atoms with Crippen LogP contribution >= 0.6 is 0 Å². The molecule has 0 saturated heterocycles. The van der Waals surface area contributed by atoms with Gasteiger partial charge in [0.05, 0.1) is 34.7 Å². The van der Waals surface area contributed by atoms with E-state index in [0.717, 1.165) is 49.9 Å². The number of hydrogen-bond acceptors (Lipinski definition) is 8. The van der Waals surface area contributed by atoms with E-state index in [9.17, 15) is 19.2 Å². The fourth-order valence-corrected chi connectivity index (χ4v) is 6.11. The molecular formula is C40H42N6O6+2. The summed E-state index contributed by atoms with van der Waals surface area (Å²) in [6, 6.07) is 21.7. The van der Waals surface area contributed by atoms with Gasteiger partial charge in [0.25, 0.3) is 23.6 Å². The van der Waals surface area contributed by atoms with Gasteiger partial charge in [-0.25, -0.2) is 9.13 Å². The number of pyridine rings is 2. The number of fused-ring (bicyclic) bond motifs is 2. The van der Waals surface area contributed by atoms with Gasteiger partial charge in [0.15, 0.2) is 24.8 Å². The monoisotopic (exact) mass is 702 g/mol. The summed E-state index contributed by atoms with van der Waals surface area (Å²) in [5, 5.41) is 8.05. The Morgan fingerprint density at radius 3 is 1.17 bits per heavy atom. The number of aromatic nitrogens is 2. The van der Waals surface area contributed by atoms with Gasteiger partial charge in [0.2, 0.25) is 0 Å². The Bertz CT molecular complexity index is 1730. The molecule has 12 nitrogen and oxygen atoms in total. The van der Waals surface area contributed by atoms with Gasteiger partial charge in [-0.15, -0.1) is 0 Å². The zero-order valence-corrected chi connectivity index (χ0v) is 29.0. The maximum absolute atomic E-state index is 12.4. The van der Waals surface area contributed by atoms with Crippen LogP contribution in [0.25, 0.3) is 0 Å². The van der Waals surface area contributed by atoms with Crippen LogP contribution in [0.5, 0.6) is 0 Å². The number of amides is 4. The van der Waals surface area contributed by atoms with E-state index in [1.807, 2.05) is 49.1 Å². The summed E-state index contributed by atoms with van der Waals surface area (Å²) in [5.41, 5.74) is 3.68. The molecule has 0 saturated carbocycles. The van der Waals surface area contributed by atoms with Crippen molar-refractivity contribution in [2.75, 3.05) is 26.3 Å². The van der Waals surface area contributed by atoms with Gasteiger partial charge in [-0.05, 0) is 37.1 Å². The van der Waals surface area contributed by atoms with Crippen LogP contribution in [0.15, 0.2) is 108 Å². The number of aryl methyl sites for hydroxylation is 2. The number of unbranched alkanes of at least 4 members (excludes halogenated alkanes) is 3. The highest BCUT2D eigenvalue weighted by Crippen LogP contribution is 2.23. The van der Waals surface area contributed by atoms with Crippen molar-refractivity contribution in [3.8, 4) is 0 Å². The fourth-order valence-electron chi connectivity index (χ4n) is 6.11. The number of nitrogens with zero attached hydrogens (tertiary/aromatic N) is 6. The van der Waals surface area contributed by atoms with Crippen LogP contribution in [-0.2, 0) is 22.8 Å². The summed E-state index contributed by atoms with van der Waals surface area (Å²) >= 11 is 0. The number of carbonyl (C=O) groups is 4. The average molecular weight is 703 g/mol. The third-order valence-electron chi connectivity index (χ3n) is 8.96. The Morgan fingerprint density at radius 1 is 0.481 bits per heavy atom. The maximum Gasteiger partial charge on any atom is 0.261 e. The van der Waals surface area contributed by atoms with E-state index >= 15 is 0 Å². The minimum Gasteiger partial charge on any atom is -0.396 e. The van der Waals surface area contributed by atoms with E-state index in [4.69, 9.17) is 9.68 Å². The quantitative estimate of drug-likeness (QED) is 0.0463. The highest BCUT2D eigenvalue weighted by molar-refractivity contribution is 6.22. The minimum absolute atomic E-state index is 0.255. The van der Waals surface area contributed by atoms with E-state index in [-0.39, 0.29) is 23.6 Å². The molecule has 266 valence electrons. The molecule has 0 aliphatic carbocycles. The van der Waals surface area contributed by atoms with Crippen molar-refractivity contribution < 1.29 is 38.0 Å². The Hall–Kier alpha value is -6.04. The molecule has 52 heavy (non-hydrogen) atoms. The molecule has 4 heterocycles. The number of imide groups is 2. The summed E-state index contributed by atoms with van der Waals surface area (Å²) in [7, 11) is 0. The number of carbonyl (C=O) groups excluding carboxylic acids is 4. The maximum atomic E-state index is 12.4. The topological polar surface area (TPSA) is 126 Å². The second kappa shape index (κ2) is 17.8. The van der Waals surface area contributed by atoms with Crippen molar-refractivity contribution in [2.24, 2.45) is 10.3 Å². The van der Waals surface area contributed by atoms with Crippen LogP contribution < -0.4 is 9.13 Å². The Labute approximate surface area is 302 Å². The molecule has 6 rings (SSSR count). The first-order valence-electron chi connectivity index (χ1n) is 17.7. The van der Waals surface area contributed by atoms with Gasteiger partial charge in [0.1, 0.15) is 26.3 Å². The molecule has 0 fully saturated rings. The van der Waals surface area contributed by atoms with Crippen LogP contribution in [0.4, 0.5) is 0 Å². The van der Waals surface area contributed by atoms with Crippen LogP contribution in [0.2, 0.25) is 0 Å². The van der Waals surface area contributed by atoms with Gasteiger partial charge < -0.3 is 9.68 Å². The summed E-state index contributed by atoms with van der Waals surface area (Å²) in [6.45, 7) is 3.08. The highest BCUT2D eigenvalue weighted by Gasteiger charge is 2.35. The molecule has 0 spiro atoms. The first-order valence-corrected chi connectivity index (χ1v) is 17.7. The molecule has 2 aliphatic rings. The molecule has 4 amide bonds. The average Bonchev–Trinajstić information content (AvgIpc) is 3.57.